The Kier molecular flexibility index (Phi) is 11.8. The maximum atomic E-state index is 12.8. The van der Waals surface area contributed by atoms with Gasteiger partial charge in [0.2, 0.25) is 10.0 Å². The molecule has 0 radical (unpaired) electrons. The topological polar surface area (TPSA) is 111 Å². The summed E-state index contributed by atoms with van der Waals surface area (Å²) in [6.45, 7) is 2.28. The van der Waals surface area contributed by atoms with E-state index in [1.165, 1.54) is 11.8 Å². The molecule has 2 N–H and O–H groups in total. The number of nitrogens with one attached hydrogen (secondary N) is 1. The van der Waals surface area contributed by atoms with Gasteiger partial charge in [0, 0.05) is 34.9 Å². The SMILES string of the molecule is C[C@@H]1[C@H](CSc2nc(-c3ccccc3)c(-c3ccccc3)o2)O[C@H](c2ccc(-c3cccc(CNS(=O)(=O)c4ccccc4)c3)cc2)O[C@@H]1c1ccc(CO)cc1. The summed E-state index contributed by atoms with van der Waals surface area (Å²) in [5.74, 6) is 1.28. The number of aliphatic hydroxyl groups excluding tert-OH is 1. The molecule has 4 atom stereocenters. The Labute approximate surface area is 337 Å². The van der Waals surface area contributed by atoms with Gasteiger partial charge in [0.25, 0.3) is 5.22 Å². The molecule has 8 rings (SSSR count). The van der Waals surface area contributed by atoms with Gasteiger partial charge in [-0.15, -0.1) is 0 Å². The quantitative estimate of drug-likeness (QED) is 0.111. The summed E-state index contributed by atoms with van der Waals surface area (Å²) in [6, 6.07) is 52.3. The van der Waals surface area contributed by atoms with Crippen LogP contribution < -0.4 is 4.72 Å². The Morgan fingerprint density at radius 3 is 1.98 bits per heavy atom. The Balaban J connectivity index is 1.02. The van der Waals surface area contributed by atoms with Gasteiger partial charge in [-0.25, -0.2) is 18.1 Å². The second-order valence-electron chi connectivity index (χ2n) is 14.0. The predicted molar refractivity (Wildman–Crippen MR) is 223 cm³/mol. The van der Waals surface area contributed by atoms with E-state index in [0.717, 1.165) is 56.0 Å². The van der Waals surface area contributed by atoms with Crippen LogP contribution in [0.1, 0.15) is 41.6 Å². The summed E-state index contributed by atoms with van der Waals surface area (Å²) in [6.07, 6.45) is -1.15. The molecule has 57 heavy (non-hydrogen) atoms. The molecule has 0 saturated carbocycles. The molecule has 0 amide bonds. The number of aromatic nitrogens is 1. The summed E-state index contributed by atoms with van der Waals surface area (Å²) in [7, 11) is -3.63. The highest BCUT2D eigenvalue weighted by molar-refractivity contribution is 7.99. The van der Waals surface area contributed by atoms with Crippen molar-refractivity contribution in [3.63, 3.8) is 0 Å². The Hall–Kier alpha value is -5.33. The number of rotatable bonds is 13. The van der Waals surface area contributed by atoms with Gasteiger partial charge in [-0.05, 0) is 46.0 Å². The largest absolute Gasteiger partial charge is 0.431 e. The molecule has 1 aliphatic heterocycles. The minimum absolute atomic E-state index is 0.0211. The zero-order valence-corrected chi connectivity index (χ0v) is 32.9. The van der Waals surface area contributed by atoms with Gasteiger partial charge in [-0.2, -0.15) is 0 Å². The number of ether oxygens (including phenoxy) is 2. The van der Waals surface area contributed by atoms with E-state index in [4.69, 9.17) is 18.9 Å². The number of nitrogens with zero attached hydrogens (tertiary/aromatic N) is 1. The van der Waals surface area contributed by atoms with Crippen LogP contribution in [0.2, 0.25) is 0 Å². The maximum Gasteiger partial charge on any atom is 0.256 e. The molecule has 1 aromatic heterocycles. The van der Waals surface area contributed by atoms with Gasteiger partial charge in [-0.3, -0.25) is 0 Å². The summed E-state index contributed by atoms with van der Waals surface area (Å²) in [4.78, 5) is 5.21. The highest BCUT2D eigenvalue weighted by atomic mass is 32.2. The van der Waals surface area contributed by atoms with E-state index in [1.807, 2.05) is 133 Å². The first-order valence-corrected chi connectivity index (χ1v) is 21.3. The summed E-state index contributed by atoms with van der Waals surface area (Å²) >= 11 is 1.53. The van der Waals surface area contributed by atoms with Crippen LogP contribution in [0.5, 0.6) is 0 Å². The van der Waals surface area contributed by atoms with Crippen LogP contribution in [0.25, 0.3) is 33.7 Å². The van der Waals surface area contributed by atoms with Gasteiger partial charge in [-0.1, -0.05) is 164 Å². The van der Waals surface area contributed by atoms with Gasteiger partial charge in [0.1, 0.15) is 5.69 Å². The van der Waals surface area contributed by atoms with E-state index < -0.39 is 16.3 Å². The average molecular weight is 795 g/mol. The number of hydrogen-bond donors (Lipinski definition) is 2. The Morgan fingerprint density at radius 2 is 1.30 bits per heavy atom. The van der Waals surface area contributed by atoms with Crippen LogP contribution in [-0.4, -0.2) is 30.4 Å². The van der Waals surface area contributed by atoms with E-state index in [2.05, 4.69) is 11.6 Å². The smallest absolute Gasteiger partial charge is 0.256 e. The van der Waals surface area contributed by atoms with Crippen LogP contribution in [0.4, 0.5) is 0 Å². The number of aliphatic hydroxyl groups is 1. The van der Waals surface area contributed by atoms with Crippen molar-refractivity contribution in [1.29, 1.82) is 0 Å². The summed E-state index contributed by atoms with van der Waals surface area (Å²) in [5.41, 5.74) is 8.24. The number of benzene rings is 6. The molecular formula is C47H42N2O6S2. The van der Waals surface area contributed by atoms with E-state index in [9.17, 15) is 13.5 Å². The number of oxazole rings is 1. The fourth-order valence-electron chi connectivity index (χ4n) is 6.96. The van der Waals surface area contributed by atoms with Crippen LogP contribution >= 0.6 is 11.8 Å². The van der Waals surface area contributed by atoms with Crippen LogP contribution in [-0.2, 0) is 32.6 Å². The molecular weight excluding hydrogens is 753 g/mol. The Bertz CT molecular complexity index is 2440. The fourth-order valence-corrected chi connectivity index (χ4v) is 8.98. The molecule has 0 bridgehead atoms. The average Bonchev–Trinajstić information content (AvgIpc) is 3.71. The molecule has 1 aliphatic rings. The number of thioether (sulfide) groups is 1. The minimum atomic E-state index is -3.63. The molecule has 0 spiro atoms. The van der Waals surface area contributed by atoms with Crippen molar-refractivity contribution in [2.45, 2.75) is 48.7 Å². The van der Waals surface area contributed by atoms with Gasteiger partial charge < -0.3 is 19.0 Å². The molecule has 288 valence electrons. The molecule has 6 aromatic carbocycles. The highest BCUT2D eigenvalue weighted by Gasteiger charge is 2.38. The van der Waals surface area contributed by atoms with Crippen molar-refractivity contribution in [3.05, 3.63) is 186 Å². The van der Waals surface area contributed by atoms with Gasteiger partial charge in [0.15, 0.2) is 12.1 Å². The molecule has 2 heterocycles. The first-order chi connectivity index (χ1) is 27.8. The van der Waals surface area contributed by atoms with Crippen LogP contribution in [0.15, 0.2) is 178 Å². The van der Waals surface area contributed by atoms with Crippen molar-refractivity contribution >= 4 is 21.8 Å². The summed E-state index contributed by atoms with van der Waals surface area (Å²) < 4.78 is 48.3. The third-order valence-electron chi connectivity index (χ3n) is 10.1. The monoisotopic (exact) mass is 794 g/mol. The first-order valence-electron chi connectivity index (χ1n) is 18.8. The molecule has 1 saturated heterocycles. The van der Waals surface area contributed by atoms with Gasteiger partial charge in [0.05, 0.1) is 23.7 Å². The lowest BCUT2D eigenvalue weighted by Crippen LogP contribution is -2.38. The third kappa shape index (κ3) is 8.97. The molecule has 0 unspecified atom stereocenters. The first kappa shape index (κ1) is 38.5. The maximum absolute atomic E-state index is 12.8. The summed E-state index contributed by atoms with van der Waals surface area (Å²) in [5, 5.41) is 10.3. The number of sulfonamides is 1. The van der Waals surface area contributed by atoms with Crippen molar-refractivity contribution in [2.24, 2.45) is 5.92 Å². The minimum Gasteiger partial charge on any atom is -0.431 e. The van der Waals surface area contributed by atoms with Crippen molar-refractivity contribution < 1.29 is 27.4 Å². The molecule has 0 aliphatic carbocycles. The number of hydrogen-bond acceptors (Lipinski definition) is 8. The van der Waals surface area contributed by atoms with Crippen LogP contribution in [0, 0.1) is 5.92 Å². The molecule has 7 aromatic rings. The van der Waals surface area contributed by atoms with E-state index in [1.54, 1.807) is 30.3 Å². The van der Waals surface area contributed by atoms with Crippen molar-refractivity contribution in [3.8, 4) is 33.7 Å². The third-order valence-corrected chi connectivity index (χ3v) is 12.5. The highest BCUT2D eigenvalue weighted by Crippen LogP contribution is 2.44. The predicted octanol–water partition coefficient (Wildman–Crippen LogP) is 10.2. The Morgan fingerprint density at radius 1 is 0.667 bits per heavy atom. The standard InChI is InChI=1S/C47H42N2O6S2/c1-32-42(31-56-47-49-43(36-13-5-2-6-14-36)45(55-47)37-15-7-3-8-16-37)53-46(54-44(32)38-22-20-33(30-50)21-23-38)39-26-24-35(25-27-39)40-17-11-12-34(28-40)29-48-57(51,52)41-18-9-4-10-19-41/h2-28,32,42,44,46,48,50H,29-31H2,1H3/t32-,42+,44+,46+/m1/s1. The van der Waals surface area contributed by atoms with E-state index >= 15 is 0 Å². The lowest BCUT2D eigenvalue weighted by Gasteiger charge is -2.41. The second-order valence-corrected chi connectivity index (χ2v) is 16.7. The van der Waals surface area contributed by atoms with E-state index in [-0.39, 0.29) is 36.2 Å². The van der Waals surface area contributed by atoms with Crippen molar-refractivity contribution in [1.82, 2.24) is 9.71 Å². The van der Waals surface area contributed by atoms with Gasteiger partial charge >= 0.3 is 0 Å². The van der Waals surface area contributed by atoms with Crippen molar-refractivity contribution in [2.75, 3.05) is 5.75 Å². The molecule has 10 heteroatoms. The normalized spacial score (nSPS) is 18.4. The zero-order valence-electron chi connectivity index (χ0n) is 31.3. The van der Waals surface area contributed by atoms with E-state index in [0.29, 0.717) is 11.0 Å². The lowest BCUT2D eigenvalue weighted by molar-refractivity contribution is -0.268. The van der Waals surface area contributed by atoms with Crippen LogP contribution in [0.3, 0.4) is 0 Å². The fraction of sp³-hybridized carbons (Fsp3) is 0.170. The second kappa shape index (κ2) is 17.4. The zero-order chi connectivity index (χ0) is 39.2. The molecule has 1 fully saturated rings. The lowest BCUT2D eigenvalue weighted by atomic mass is 9.91. The molecule has 8 nitrogen and oxygen atoms in total.